The van der Waals surface area contributed by atoms with Crippen molar-refractivity contribution in [2.45, 2.75) is 13.3 Å². The fourth-order valence-corrected chi connectivity index (χ4v) is 4.92. The van der Waals surface area contributed by atoms with Gasteiger partial charge in [-0.2, -0.15) is 0 Å². The second-order valence-corrected chi connectivity index (χ2v) is 11.7. The van der Waals surface area contributed by atoms with E-state index < -0.39 is 11.2 Å². The average Bonchev–Trinajstić information content (AvgIpc) is 2.98. The average molecular weight is 996 g/mol. The van der Waals surface area contributed by atoms with Crippen LogP contribution in [-0.2, 0) is 0 Å². The highest BCUT2D eigenvalue weighted by Crippen LogP contribution is 2.17. The maximum Gasteiger partial charge on any atom is 0.336 e. The van der Waals surface area contributed by atoms with E-state index in [-0.39, 0.29) is 34.1 Å². The van der Waals surface area contributed by atoms with Gasteiger partial charge in [0, 0.05) is 80.5 Å². The van der Waals surface area contributed by atoms with E-state index in [1.807, 2.05) is 6.92 Å². The van der Waals surface area contributed by atoms with Crippen LogP contribution < -0.4 is 0 Å². The molecule has 228 valence electrons. The van der Waals surface area contributed by atoms with Gasteiger partial charge >= 0.3 is 5.97 Å². The summed E-state index contributed by atoms with van der Waals surface area (Å²) in [7, 11) is 0. The highest BCUT2D eigenvalue weighted by Gasteiger charge is 2.08. The lowest BCUT2D eigenvalue weighted by molar-refractivity contribution is 0.0695. The van der Waals surface area contributed by atoms with Crippen LogP contribution >= 0.6 is 108 Å². The highest BCUT2D eigenvalue weighted by atomic mass is 79.9. The van der Waals surface area contributed by atoms with Crippen LogP contribution in [0.2, 0.25) is 0 Å². The van der Waals surface area contributed by atoms with Crippen molar-refractivity contribution < 1.29 is 24.3 Å². The number of carboxylic acid groups (broad SMARTS) is 1. The summed E-state index contributed by atoms with van der Waals surface area (Å²) < 4.78 is 2.63. The van der Waals surface area contributed by atoms with Crippen LogP contribution in [-0.4, -0.2) is 53.2 Å². The molecule has 0 aliphatic carbocycles. The van der Waals surface area contributed by atoms with E-state index in [1.54, 1.807) is 43.0 Å². The SMILES string of the molecule is Br.CCC(=O)c1ccncc1Br.O=C(CBr)c1ccncc1Br.O=C(Cl)c1ccncc1Br.O=C(O)c1ccncc1Br. The quantitative estimate of drug-likeness (QED) is 0.114. The summed E-state index contributed by atoms with van der Waals surface area (Å²) in [6.07, 6.45) is 12.9. The molecule has 16 heteroatoms. The van der Waals surface area contributed by atoms with Crippen LogP contribution in [0.25, 0.3) is 0 Å². The number of carbonyl (C=O) groups excluding carboxylic acids is 3. The molecule has 0 aromatic carbocycles. The minimum Gasteiger partial charge on any atom is -0.478 e. The first-order chi connectivity index (χ1) is 19.9. The predicted octanol–water partition coefficient (Wildman–Crippen LogP) is 9.20. The lowest BCUT2D eigenvalue weighted by Crippen LogP contribution is -2.00. The number of halogens is 7. The molecule has 0 atom stereocenters. The number of aromatic carboxylic acids is 1. The van der Waals surface area contributed by atoms with Crippen molar-refractivity contribution in [1.82, 2.24) is 19.9 Å². The summed E-state index contributed by atoms with van der Waals surface area (Å²) in [6, 6.07) is 6.40. The van der Waals surface area contributed by atoms with E-state index in [4.69, 9.17) is 16.7 Å². The molecule has 1 N–H and O–H groups in total. The van der Waals surface area contributed by atoms with E-state index in [0.717, 1.165) is 8.95 Å². The number of carboxylic acids is 1. The van der Waals surface area contributed by atoms with E-state index in [9.17, 15) is 19.2 Å². The fourth-order valence-electron chi connectivity index (χ4n) is 2.55. The molecule has 4 aromatic rings. The number of hydrogen-bond donors (Lipinski definition) is 1. The third kappa shape index (κ3) is 15.2. The molecule has 0 amide bonds. The standard InChI is InChI=1S/C8H8BrNO.C7H5Br2NO.C6H3BrClNO.C6H4BrNO2.BrH/c1-2-8(11)6-3-4-10-5-7(6)9;8-3-7(11)5-1-2-10-4-6(5)9;7-5-3-9-2-1-4(5)6(8)10;7-5-3-8-2-1-4(5)6(9)10;/h3-5H,2H2,1H3;1-2,4H,3H2;1-3H;1-3H,(H,9,10);1H. The molecular weight excluding hydrogens is 975 g/mol. The van der Waals surface area contributed by atoms with Crippen molar-refractivity contribution >= 4 is 131 Å². The van der Waals surface area contributed by atoms with Crippen LogP contribution in [0.5, 0.6) is 0 Å². The smallest absolute Gasteiger partial charge is 0.336 e. The summed E-state index contributed by atoms with van der Waals surface area (Å²) >= 11 is 21.0. The van der Waals surface area contributed by atoms with Gasteiger partial charge in [0.15, 0.2) is 11.6 Å². The van der Waals surface area contributed by atoms with Crippen molar-refractivity contribution in [3.63, 3.8) is 0 Å². The second kappa shape index (κ2) is 22.7. The van der Waals surface area contributed by atoms with Crippen LogP contribution in [0.1, 0.15) is 54.8 Å². The van der Waals surface area contributed by atoms with Gasteiger partial charge in [-0.05, 0) is 99.6 Å². The Hall–Kier alpha value is -1.75. The molecule has 0 unspecified atom stereocenters. The van der Waals surface area contributed by atoms with Gasteiger partial charge in [0.05, 0.1) is 20.9 Å². The Morgan fingerprint density at radius 3 is 1.21 bits per heavy atom. The highest BCUT2D eigenvalue weighted by molar-refractivity contribution is 9.11. The molecule has 4 rings (SSSR count). The molecule has 4 aromatic heterocycles. The number of carbonyl (C=O) groups is 4. The normalized spacial score (nSPS) is 9.28. The molecule has 43 heavy (non-hydrogen) atoms. The number of nitrogens with zero attached hydrogens (tertiary/aromatic N) is 4. The largest absolute Gasteiger partial charge is 0.478 e. The summed E-state index contributed by atoms with van der Waals surface area (Å²) in [5.74, 6) is -0.757. The Kier molecular flexibility index (Phi) is 21.8. The monoisotopic (exact) mass is 990 g/mol. The molecule has 0 fully saturated rings. The Bertz CT molecular complexity index is 1420. The fraction of sp³-hybridized carbons (Fsp3) is 0.111. The summed E-state index contributed by atoms with van der Waals surface area (Å²) in [6.45, 7) is 1.84. The number of rotatable bonds is 6. The van der Waals surface area contributed by atoms with Crippen molar-refractivity contribution in [2.24, 2.45) is 0 Å². The lowest BCUT2D eigenvalue weighted by Gasteiger charge is -1.98. The van der Waals surface area contributed by atoms with Crippen LogP contribution in [0.3, 0.4) is 0 Å². The second-order valence-electron chi connectivity index (χ2n) is 7.33. The summed E-state index contributed by atoms with van der Waals surface area (Å²) in [5.41, 5.74) is 2.05. The third-order valence-electron chi connectivity index (χ3n) is 4.58. The predicted molar refractivity (Wildman–Crippen MR) is 188 cm³/mol. The zero-order valence-electron chi connectivity index (χ0n) is 21.9. The first kappa shape index (κ1) is 41.2. The number of aromatic nitrogens is 4. The van der Waals surface area contributed by atoms with Gasteiger partial charge < -0.3 is 5.11 Å². The number of hydrogen-bond acceptors (Lipinski definition) is 8. The minimum atomic E-state index is -0.950. The van der Waals surface area contributed by atoms with Gasteiger partial charge in [0.25, 0.3) is 5.24 Å². The third-order valence-corrected chi connectivity index (χ3v) is 7.82. The van der Waals surface area contributed by atoms with Crippen molar-refractivity contribution in [1.29, 1.82) is 0 Å². The number of ketones is 2. The molecule has 0 radical (unpaired) electrons. The molecule has 0 saturated heterocycles. The Morgan fingerprint density at radius 1 is 0.651 bits per heavy atom. The van der Waals surface area contributed by atoms with Gasteiger partial charge in [-0.1, -0.05) is 22.9 Å². The van der Waals surface area contributed by atoms with Crippen molar-refractivity contribution in [2.75, 3.05) is 5.33 Å². The maximum absolute atomic E-state index is 11.2. The Morgan fingerprint density at radius 2 is 0.977 bits per heavy atom. The zero-order valence-corrected chi connectivity index (χ0v) is 32.3. The van der Waals surface area contributed by atoms with Crippen molar-refractivity contribution in [3.05, 3.63) is 114 Å². The minimum absolute atomic E-state index is 0. The van der Waals surface area contributed by atoms with Gasteiger partial charge in [-0.15, -0.1) is 17.0 Å². The molecule has 4 heterocycles. The van der Waals surface area contributed by atoms with E-state index in [0.29, 0.717) is 37.4 Å². The van der Waals surface area contributed by atoms with Gasteiger partial charge in [0.2, 0.25) is 0 Å². The molecule has 0 aliphatic rings. The Labute approximate surface area is 305 Å². The summed E-state index contributed by atoms with van der Waals surface area (Å²) in [5, 5.41) is 8.37. The van der Waals surface area contributed by atoms with Crippen LogP contribution in [0, 0.1) is 0 Å². The van der Waals surface area contributed by atoms with Crippen LogP contribution in [0.4, 0.5) is 0 Å². The Balaban J connectivity index is 0.000000543. The van der Waals surface area contributed by atoms with Gasteiger partial charge in [-0.3, -0.25) is 34.3 Å². The van der Waals surface area contributed by atoms with E-state index in [1.165, 1.54) is 30.9 Å². The molecule has 9 nitrogen and oxygen atoms in total. The van der Waals surface area contributed by atoms with E-state index in [2.05, 4.69) is 99.6 Å². The van der Waals surface area contributed by atoms with Gasteiger partial charge in [-0.25, -0.2) is 4.79 Å². The number of Topliss-reactive ketones (excluding diaryl/α,β-unsaturated/α-hetero) is 2. The molecule has 0 aliphatic heterocycles. The van der Waals surface area contributed by atoms with E-state index >= 15 is 0 Å². The number of pyridine rings is 4. The van der Waals surface area contributed by atoms with Gasteiger partial charge in [0.1, 0.15) is 0 Å². The molecule has 0 spiro atoms. The summed E-state index contributed by atoms with van der Waals surface area (Å²) in [4.78, 5) is 58.4. The molecule has 0 saturated carbocycles. The zero-order chi connectivity index (χ0) is 31.7. The van der Waals surface area contributed by atoms with Crippen molar-refractivity contribution in [3.8, 4) is 0 Å². The first-order valence-electron chi connectivity index (χ1n) is 11.4. The molecule has 0 bridgehead atoms. The maximum atomic E-state index is 11.2. The van der Waals surface area contributed by atoms with Crippen LogP contribution in [0.15, 0.2) is 91.7 Å². The lowest BCUT2D eigenvalue weighted by atomic mass is 10.1. The molecular formula is C27H21Br6ClN4O5. The topological polar surface area (TPSA) is 140 Å². The first-order valence-corrected chi connectivity index (χ1v) is 16.0. The number of alkyl halides is 1.